The van der Waals surface area contributed by atoms with E-state index in [0.717, 1.165) is 50.5 Å². The maximum Gasteiger partial charge on any atom is 0.226 e. The van der Waals surface area contributed by atoms with Gasteiger partial charge in [0.2, 0.25) is 5.91 Å². The van der Waals surface area contributed by atoms with Crippen LogP contribution in [0.4, 0.5) is 0 Å². The molecule has 0 aromatic heterocycles. The zero-order valence-corrected chi connectivity index (χ0v) is 12.1. The lowest BCUT2D eigenvalue weighted by Crippen LogP contribution is -2.53. The molecule has 1 saturated heterocycles. The minimum atomic E-state index is 0.369. The van der Waals surface area contributed by atoms with Crippen molar-refractivity contribution in [3.05, 3.63) is 0 Å². The van der Waals surface area contributed by atoms with Gasteiger partial charge in [-0.1, -0.05) is 13.3 Å². The average Bonchev–Trinajstić information content (AvgIpc) is 2.88. The maximum absolute atomic E-state index is 12.2. The third kappa shape index (κ3) is 2.10. The van der Waals surface area contributed by atoms with Crippen molar-refractivity contribution in [2.45, 2.75) is 45.1 Å². The molecule has 1 aliphatic heterocycles. The number of carbonyl (C=O) groups excluding carboxylic acids is 1. The molecule has 19 heavy (non-hydrogen) atoms. The molecule has 0 radical (unpaired) electrons. The largest absolute Gasteiger partial charge is 0.340 e. The van der Waals surface area contributed by atoms with Crippen molar-refractivity contribution in [1.82, 2.24) is 9.80 Å². The van der Waals surface area contributed by atoms with Gasteiger partial charge in [-0.05, 0) is 43.4 Å². The predicted octanol–water partition coefficient (Wildman–Crippen LogP) is 1.98. The van der Waals surface area contributed by atoms with E-state index in [-0.39, 0.29) is 0 Å². The van der Waals surface area contributed by atoms with E-state index >= 15 is 0 Å². The second-order valence-electron chi connectivity index (χ2n) is 7.42. The van der Waals surface area contributed by atoms with Crippen LogP contribution in [0, 0.1) is 23.7 Å². The summed E-state index contributed by atoms with van der Waals surface area (Å²) in [6.45, 7) is 6.42. The molecule has 3 heteroatoms. The summed E-state index contributed by atoms with van der Waals surface area (Å²) in [6, 6.07) is 0.857. The van der Waals surface area contributed by atoms with E-state index in [1.165, 1.54) is 25.7 Å². The molecule has 1 amide bonds. The van der Waals surface area contributed by atoms with Crippen molar-refractivity contribution in [1.29, 1.82) is 0 Å². The monoisotopic (exact) mass is 262 g/mol. The second-order valence-corrected chi connectivity index (χ2v) is 7.42. The van der Waals surface area contributed by atoms with Gasteiger partial charge in [0.25, 0.3) is 0 Å². The molecular formula is C16H26N2O. The first-order valence-corrected chi connectivity index (χ1v) is 8.25. The Hall–Kier alpha value is -0.570. The van der Waals surface area contributed by atoms with E-state index in [2.05, 4.69) is 16.7 Å². The van der Waals surface area contributed by atoms with Crippen LogP contribution in [0.15, 0.2) is 0 Å². The van der Waals surface area contributed by atoms with E-state index in [1.807, 2.05) is 0 Å². The van der Waals surface area contributed by atoms with Gasteiger partial charge in [-0.2, -0.15) is 0 Å². The second kappa shape index (κ2) is 4.47. The highest BCUT2D eigenvalue weighted by Gasteiger charge is 2.45. The van der Waals surface area contributed by atoms with Crippen LogP contribution in [0.5, 0.6) is 0 Å². The number of piperazine rings is 1. The smallest absolute Gasteiger partial charge is 0.226 e. The maximum atomic E-state index is 12.2. The summed E-state index contributed by atoms with van der Waals surface area (Å²) in [5.41, 5.74) is 0. The van der Waals surface area contributed by atoms with Gasteiger partial charge in [0.05, 0.1) is 0 Å². The van der Waals surface area contributed by atoms with Crippen LogP contribution in [0.1, 0.15) is 39.0 Å². The zero-order chi connectivity index (χ0) is 13.0. The summed E-state index contributed by atoms with van der Waals surface area (Å²) < 4.78 is 0. The van der Waals surface area contributed by atoms with Gasteiger partial charge < -0.3 is 4.90 Å². The Morgan fingerprint density at radius 3 is 2.26 bits per heavy atom. The summed E-state index contributed by atoms with van der Waals surface area (Å²) in [6.07, 6.45) is 7.01. The Bertz CT molecular complexity index is 375. The summed E-state index contributed by atoms with van der Waals surface area (Å²) in [4.78, 5) is 17.1. The molecule has 5 atom stereocenters. The van der Waals surface area contributed by atoms with Gasteiger partial charge in [-0.3, -0.25) is 9.69 Å². The molecule has 4 rings (SSSR count). The van der Waals surface area contributed by atoms with E-state index < -0.39 is 0 Å². The molecule has 5 unspecified atom stereocenters. The number of carbonyl (C=O) groups is 1. The van der Waals surface area contributed by atoms with Gasteiger partial charge in [0.1, 0.15) is 0 Å². The topological polar surface area (TPSA) is 23.6 Å². The van der Waals surface area contributed by atoms with Crippen molar-refractivity contribution in [3.63, 3.8) is 0 Å². The number of amides is 1. The summed E-state index contributed by atoms with van der Waals surface area (Å²) in [5.74, 6) is 3.47. The highest BCUT2D eigenvalue weighted by atomic mass is 16.2. The summed E-state index contributed by atoms with van der Waals surface area (Å²) in [7, 11) is 0. The van der Waals surface area contributed by atoms with E-state index in [4.69, 9.17) is 0 Å². The molecule has 0 N–H and O–H groups in total. The molecule has 4 aliphatic rings. The van der Waals surface area contributed by atoms with Crippen LogP contribution in [-0.4, -0.2) is 47.9 Å². The molecule has 3 aliphatic carbocycles. The van der Waals surface area contributed by atoms with Gasteiger partial charge >= 0.3 is 0 Å². The molecule has 3 saturated carbocycles. The van der Waals surface area contributed by atoms with Crippen molar-refractivity contribution >= 4 is 5.91 Å². The van der Waals surface area contributed by atoms with E-state index in [9.17, 15) is 4.79 Å². The van der Waals surface area contributed by atoms with Crippen LogP contribution < -0.4 is 0 Å². The van der Waals surface area contributed by atoms with Gasteiger partial charge in [0, 0.05) is 38.1 Å². The predicted molar refractivity (Wildman–Crippen MR) is 74.7 cm³/mol. The fourth-order valence-electron chi connectivity index (χ4n) is 4.83. The van der Waals surface area contributed by atoms with Crippen LogP contribution >= 0.6 is 0 Å². The third-order valence-corrected chi connectivity index (χ3v) is 6.22. The Morgan fingerprint density at radius 1 is 1.00 bits per heavy atom. The molecule has 4 fully saturated rings. The van der Waals surface area contributed by atoms with Crippen molar-refractivity contribution in [2.24, 2.45) is 23.7 Å². The van der Waals surface area contributed by atoms with Crippen molar-refractivity contribution < 1.29 is 4.79 Å². The lowest BCUT2D eigenvalue weighted by Gasteiger charge is -2.41. The fraction of sp³-hybridized carbons (Fsp3) is 0.938. The van der Waals surface area contributed by atoms with Crippen LogP contribution in [0.3, 0.4) is 0 Å². The van der Waals surface area contributed by atoms with Crippen LogP contribution in [-0.2, 0) is 4.79 Å². The van der Waals surface area contributed by atoms with Crippen molar-refractivity contribution in [3.8, 4) is 0 Å². The lowest BCUT2D eigenvalue weighted by atomic mass is 9.93. The molecule has 106 valence electrons. The molecular weight excluding hydrogens is 236 g/mol. The van der Waals surface area contributed by atoms with Gasteiger partial charge in [0.15, 0.2) is 0 Å². The molecule has 3 nitrogen and oxygen atoms in total. The minimum absolute atomic E-state index is 0.369. The number of nitrogens with zero attached hydrogens (tertiary/aromatic N) is 2. The first kappa shape index (κ1) is 12.2. The van der Waals surface area contributed by atoms with Crippen LogP contribution in [0.25, 0.3) is 0 Å². The lowest BCUT2D eigenvalue weighted by molar-refractivity contribution is -0.135. The molecule has 2 bridgehead atoms. The Kier molecular flexibility index (Phi) is 2.87. The van der Waals surface area contributed by atoms with E-state index in [0.29, 0.717) is 17.7 Å². The van der Waals surface area contributed by atoms with Gasteiger partial charge in [-0.25, -0.2) is 0 Å². The quantitative estimate of drug-likeness (QED) is 0.759. The number of hydrogen-bond acceptors (Lipinski definition) is 2. The average molecular weight is 262 g/mol. The molecule has 0 spiro atoms. The number of fused-ring (bicyclic) bond motifs is 2. The zero-order valence-electron chi connectivity index (χ0n) is 12.1. The fourth-order valence-corrected chi connectivity index (χ4v) is 4.83. The summed E-state index contributed by atoms with van der Waals surface area (Å²) in [5, 5.41) is 0. The molecule has 0 aromatic carbocycles. The van der Waals surface area contributed by atoms with Gasteiger partial charge in [-0.15, -0.1) is 0 Å². The number of rotatable bonds is 2. The first-order valence-electron chi connectivity index (χ1n) is 8.25. The third-order valence-electron chi connectivity index (χ3n) is 6.22. The SMILES string of the molecule is CC1CC1C(=O)N1CCN(C2CC3CCC2C3)CC1. The number of hydrogen-bond donors (Lipinski definition) is 0. The Morgan fingerprint density at radius 2 is 1.74 bits per heavy atom. The first-order chi connectivity index (χ1) is 9.22. The highest BCUT2D eigenvalue weighted by Crippen LogP contribution is 2.47. The standard InChI is InChI=1S/C16H26N2O/c1-11-8-14(11)16(19)18-6-4-17(5-7-18)15-10-12-2-3-13(15)9-12/h11-15H,2-10H2,1H3. The Labute approximate surface area is 116 Å². The molecule has 1 heterocycles. The summed E-state index contributed by atoms with van der Waals surface area (Å²) >= 11 is 0. The van der Waals surface area contributed by atoms with Crippen molar-refractivity contribution in [2.75, 3.05) is 26.2 Å². The Balaban J connectivity index is 1.31. The highest BCUT2D eigenvalue weighted by molar-refractivity contribution is 5.81. The van der Waals surface area contributed by atoms with E-state index in [1.54, 1.807) is 0 Å². The molecule has 0 aromatic rings. The minimum Gasteiger partial charge on any atom is -0.340 e. The van der Waals surface area contributed by atoms with Crippen LogP contribution in [0.2, 0.25) is 0 Å². The normalized spacial score (nSPS) is 45.7.